The van der Waals surface area contributed by atoms with Crippen molar-refractivity contribution in [3.63, 3.8) is 0 Å². The average Bonchev–Trinajstić information content (AvgIpc) is 2.88. The Morgan fingerprint density at radius 2 is 1.66 bits per heavy atom. The lowest BCUT2D eigenvalue weighted by Crippen LogP contribution is -2.46. The summed E-state index contributed by atoms with van der Waals surface area (Å²) >= 11 is 0. The normalized spacial score (nSPS) is 10.5. The van der Waals surface area contributed by atoms with Crippen molar-refractivity contribution in [1.29, 1.82) is 0 Å². The molecule has 2 aromatic carbocycles. The lowest BCUT2D eigenvalue weighted by molar-refractivity contribution is -0.141. The Morgan fingerprint density at radius 1 is 0.943 bits per heavy atom. The van der Waals surface area contributed by atoms with Crippen LogP contribution in [0.1, 0.15) is 26.3 Å². The van der Waals surface area contributed by atoms with E-state index in [9.17, 15) is 24.0 Å². The molecular weight excluding hydrogens is 458 g/mol. The first-order valence-corrected chi connectivity index (χ1v) is 10.3. The molecule has 0 saturated carbocycles. The maximum atomic E-state index is 13.0. The van der Waals surface area contributed by atoms with Crippen molar-refractivity contribution in [2.45, 2.75) is 13.1 Å². The van der Waals surface area contributed by atoms with E-state index < -0.39 is 53.5 Å². The molecule has 11 nitrogen and oxygen atoms in total. The van der Waals surface area contributed by atoms with Crippen LogP contribution in [0.25, 0.3) is 0 Å². The summed E-state index contributed by atoms with van der Waals surface area (Å²) in [5.74, 6) is -2.64. The molecule has 0 fully saturated rings. The van der Waals surface area contributed by atoms with E-state index in [0.717, 1.165) is 11.7 Å². The molecule has 0 aliphatic heterocycles. The fraction of sp³-hybridized carbons (Fsp3) is 0.208. The molecule has 0 spiro atoms. The topological polar surface area (TPSA) is 149 Å². The number of rotatable bonds is 9. The van der Waals surface area contributed by atoms with Gasteiger partial charge in [-0.1, -0.05) is 36.4 Å². The number of benzene rings is 2. The third-order valence-electron chi connectivity index (χ3n) is 5.08. The predicted molar refractivity (Wildman–Crippen MR) is 125 cm³/mol. The number of methoxy groups -OCH3 is 2. The first kappa shape index (κ1) is 25.0. The number of esters is 2. The third-order valence-corrected chi connectivity index (χ3v) is 5.08. The van der Waals surface area contributed by atoms with Gasteiger partial charge >= 0.3 is 17.6 Å². The number of anilines is 1. The number of carbonyl (C=O) groups is 3. The van der Waals surface area contributed by atoms with E-state index in [2.05, 4.69) is 4.74 Å². The Bertz CT molecular complexity index is 1380. The summed E-state index contributed by atoms with van der Waals surface area (Å²) in [6.07, 6.45) is 0. The van der Waals surface area contributed by atoms with Crippen LogP contribution in [-0.4, -0.2) is 47.7 Å². The highest BCUT2D eigenvalue weighted by molar-refractivity contribution is 6.02. The minimum absolute atomic E-state index is 0.0726. The smallest absolute Gasteiger partial charge is 0.338 e. The Labute approximate surface area is 199 Å². The molecule has 0 aliphatic rings. The zero-order chi connectivity index (χ0) is 25.5. The number of nitrogens with two attached hydrogens (primary N) is 1. The van der Waals surface area contributed by atoms with E-state index in [4.69, 9.17) is 15.2 Å². The zero-order valence-corrected chi connectivity index (χ0v) is 19.1. The summed E-state index contributed by atoms with van der Waals surface area (Å²) in [5.41, 5.74) is 4.29. The van der Waals surface area contributed by atoms with Crippen LogP contribution in [0.5, 0.6) is 5.75 Å². The number of hydrogen-bond donors (Lipinski definition) is 1. The number of ether oxygens (including phenoxy) is 3. The summed E-state index contributed by atoms with van der Waals surface area (Å²) in [5, 5.41) is 0. The standard InChI is InChI=1S/C24H23N3O8/c1-33-17-10-6-9-16(11-17)23(31)35-14-18(28)20-21(25)26(12-15-7-4-3-5-8-15)24(32)27(22(20)30)13-19(29)34-2/h3-11H,12-14,25H2,1-2H3. The molecule has 0 aliphatic carbocycles. The van der Waals surface area contributed by atoms with Crippen molar-refractivity contribution in [2.24, 2.45) is 0 Å². The first-order chi connectivity index (χ1) is 16.8. The Morgan fingerprint density at radius 3 is 2.31 bits per heavy atom. The van der Waals surface area contributed by atoms with Crippen LogP contribution in [0.2, 0.25) is 0 Å². The lowest BCUT2D eigenvalue weighted by Gasteiger charge is -2.16. The number of carbonyl (C=O) groups excluding carboxylic acids is 3. The van der Waals surface area contributed by atoms with E-state index in [1.54, 1.807) is 42.5 Å². The minimum atomic E-state index is -1.09. The molecule has 0 radical (unpaired) electrons. The van der Waals surface area contributed by atoms with Crippen LogP contribution in [0, 0.1) is 0 Å². The maximum absolute atomic E-state index is 13.0. The molecule has 2 N–H and O–H groups in total. The number of nitrogens with zero attached hydrogens (tertiary/aromatic N) is 2. The van der Waals surface area contributed by atoms with Crippen molar-refractivity contribution < 1.29 is 28.6 Å². The molecule has 3 aromatic rings. The van der Waals surface area contributed by atoms with Gasteiger partial charge in [-0.05, 0) is 23.8 Å². The van der Waals surface area contributed by atoms with Crippen molar-refractivity contribution >= 4 is 23.5 Å². The van der Waals surface area contributed by atoms with Gasteiger partial charge in [-0.3, -0.25) is 19.0 Å². The Kier molecular flexibility index (Phi) is 7.82. The fourth-order valence-electron chi connectivity index (χ4n) is 3.27. The molecule has 0 saturated heterocycles. The second-order valence-electron chi connectivity index (χ2n) is 7.31. The number of hydrogen-bond acceptors (Lipinski definition) is 9. The summed E-state index contributed by atoms with van der Waals surface area (Å²) in [6.45, 7) is -1.62. The molecule has 0 bridgehead atoms. The van der Waals surface area contributed by atoms with Gasteiger partial charge in [-0.2, -0.15) is 0 Å². The summed E-state index contributed by atoms with van der Waals surface area (Å²) < 4.78 is 16.2. The van der Waals surface area contributed by atoms with Crippen molar-refractivity contribution in [1.82, 2.24) is 9.13 Å². The van der Waals surface area contributed by atoms with Gasteiger partial charge in [-0.25, -0.2) is 14.2 Å². The van der Waals surface area contributed by atoms with Gasteiger partial charge in [0.25, 0.3) is 5.56 Å². The molecule has 3 rings (SSSR count). The van der Waals surface area contributed by atoms with E-state index in [-0.39, 0.29) is 12.1 Å². The molecule has 1 heterocycles. The van der Waals surface area contributed by atoms with Crippen LogP contribution in [0.3, 0.4) is 0 Å². The largest absolute Gasteiger partial charge is 0.497 e. The summed E-state index contributed by atoms with van der Waals surface area (Å²) in [6, 6.07) is 14.8. The van der Waals surface area contributed by atoms with Crippen LogP contribution in [-0.2, 0) is 27.4 Å². The van der Waals surface area contributed by atoms with Gasteiger partial charge < -0.3 is 19.9 Å². The summed E-state index contributed by atoms with van der Waals surface area (Å²) in [7, 11) is 2.53. The number of aromatic nitrogens is 2. The number of ketones is 1. The summed E-state index contributed by atoms with van der Waals surface area (Å²) in [4.78, 5) is 63.1. The van der Waals surface area contributed by atoms with Gasteiger partial charge in [0, 0.05) is 0 Å². The molecular formula is C24H23N3O8. The maximum Gasteiger partial charge on any atom is 0.338 e. The third kappa shape index (κ3) is 5.64. The van der Waals surface area contributed by atoms with Crippen LogP contribution in [0.4, 0.5) is 5.82 Å². The minimum Gasteiger partial charge on any atom is -0.497 e. The van der Waals surface area contributed by atoms with Gasteiger partial charge in [0.1, 0.15) is 23.7 Å². The second kappa shape index (κ2) is 11.0. The average molecular weight is 481 g/mol. The van der Waals surface area contributed by atoms with Crippen LogP contribution in [0.15, 0.2) is 64.2 Å². The molecule has 1 aromatic heterocycles. The Balaban J connectivity index is 1.98. The molecule has 0 unspecified atom stereocenters. The SMILES string of the molecule is COC(=O)Cn1c(=O)c(C(=O)COC(=O)c2cccc(OC)c2)c(N)n(Cc2ccccc2)c1=O. The van der Waals surface area contributed by atoms with Crippen molar-refractivity contribution in [3.05, 3.63) is 92.1 Å². The molecule has 11 heteroatoms. The second-order valence-corrected chi connectivity index (χ2v) is 7.31. The monoisotopic (exact) mass is 481 g/mol. The van der Waals surface area contributed by atoms with E-state index in [1.807, 2.05) is 0 Å². The molecule has 35 heavy (non-hydrogen) atoms. The highest BCUT2D eigenvalue weighted by atomic mass is 16.5. The molecule has 0 atom stereocenters. The van der Waals surface area contributed by atoms with Gasteiger partial charge in [0.15, 0.2) is 6.61 Å². The highest BCUT2D eigenvalue weighted by Crippen LogP contribution is 2.14. The van der Waals surface area contributed by atoms with Gasteiger partial charge in [-0.15, -0.1) is 0 Å². The predicted octanol–water partition coefficient (Wildman–Crippen LogP) is 0.862. The lowest BCUT2D eigenvalue weighted by atomic mass is 10.1. The molecule has 182 valence electrons. The first-order valence-electron chi connectivity index (χ1n) is 10.3. The molecule has 0 amide bonds. The van der Waals surface area contributed by atoms with Crippen molar-refractivity contribution in [2.75, 3.05) is 26.6 Å². The van der Waals surface area contributed by atoms with Gasteiger partial charge in [0.2, 0.25) is 5.78 Å². The van der Waals surface area contributed by atoms with E-state index in [0.29, 0.717) is 15.9 Å². The highest BCUT2D eigenvalue weighted by Gasteiger charge is 2.25. The van der Waals surface area contributed by atoms with Crippen LogP contribution < -0.4 is 21.7 Å². The quantitative estimate of drug-likeness (QED) is 0.347. The fourth-order valence-corrected chi connectivity index (χ4v) is 3.27. The Hall–Kier alpha value is -4.67. The van der Waals surface area contributed by atoms with Crippen LogP contribution >= 0.6 is 0 Å². The van der Waals surface area contributed by atoms with E-state index in [1.165, 1.54) is 19.2 Å². The van der Waals surface area contributed by atoms with E-state index >= 15 is 0 Å². The number of nitrogen functional groups attached to an aromatic ring is 1. The zero-order valence-electron chi connectivity index (χ0n) is 19.1. The van der Waals surface area contributed by atoms with Gasteiger partial charge in [0.05, 0.1) is 26.3 Å². The number of Topliss-reactive ketones (excluding diaryl/α,β-unsaturated/α-hetero) is 1. The van der Waals surface area contributed by atoms with Crippen molar-refractivity contribution in [3.8, 4) is 5.75 Å².